The lowest BCUT2D eigenvalue weighted by Gasteiger charge is -2.41. The minimum absolute atomic E-state index is 0.0460. The van der Waals surface area contributed by atoms with Crippen molar-refractivity contribution in [2.45, 2.75) is 123 Å². The number of likely N-dealkylation sites (N-methyl/N-ethyl adjacent to an activating group) is 2. The van der Waals surface area contributed by atoms with Crippen molar-refractivity contribution in [3.8, 4) is 0 Å². The Kier molecular flexibility index (Phi) is 32.6. The second-order valence-corrected chi connectivity index (χ2v) is 21.1. The minimum atomic E-state index is -0.921. The molecular formula is C57H94N6O14S. The van der Waals surface area contributed by atoms with Crippen molar-refractivity contribution in [3.63, 3.8) is 0 Å². The van der Waals surface area contributed by atoms with Crippen LogP contribution in [0.1, 0.15) is 86.1 Å². The molecule has 3 rings (SSSR count). The number of carbonyl (C=O) groups is 6. The Labute approximate surface area is 470 Å². The zero-order valence-electron chi connectivity index (χ0n) is 48.6. The van der Waals surface area contributed by atoms with Crippen LogP contribution in [0.15, 0.2) is 42.5 Å². The number of carbonyl (C=O) groups excluding carboxylic acids is 6. The topological polar surface area (TPSA) is 213 Å². The molecule has 0 radical (unpaired) electrons. The molecule has 2 heterocycles. The fourth-order valence-corrected chi connectivity index (χ4v) is 10.1. The van der Waals surface area contributed by atoms with E-state index in [9.17, 15) is 28.8 Å². The van der Waals surface area contributed by atoms with Crippen LogP contribution < -0.4 is 10.6 Å². The number of amides is 6. The molecule has 0 spiro atoms. The van der Waals surface area contributed by atoms with Crippen molar-refractivity contribution in [1.29, 1.82) is 0 Å². The number of ether oxygens (including phenoxy) is 8. The molecule has 0 bridgehead atoms. The van der Waals surface area contributed by atoms with Crippen LogP contribution in [0.2, 0.25) is 0 Å². The monoisotopic (exact) mass is 1120 g/mol. The molecule has 21 heteroatoms. The summed E-state index contributed by atoms with van der Waals surface area (Å²) >= 11 is 5.85. The van der Waals surface area contributed by atoms with Crippen LogP contribution >= 0.6 is 12.2 Å². The number of likely N-dealkylation sites (tertiary alicyclic amines) is 1. The molecule has 0 saturated carbocycles. The summed E-state index contributed by atoms with van der Waals surface area (Å²) in [4.78, 5) is 86.4. The SMILES string of the molecule is CCC(C)C(C(CC(=O)N1CCC[C@H]1C(OC)C(C)C(=S)NCCc1ccccc1)OC)N(C)C(=O)C(NC(=O)C(C(C)C)N(C)C(=O)CCOCCOCCOCCOCCOCCOCCN1C(=O)C=CC1=O)C(C)C. The maximum absolute atomic E-state index is 14.6. The molecule has 1 fully saturated rings. The zero-order valence-corrected chi connectivity index (χ0v) is 49.4. The van der Waals surface area contributed by atoms with Gasteiger partial charge in [0.15, 0.2) is 0 Å². The minimum Gasteiger partial charge on any atom is -0.379 e. The summed E-state index contributed by atoms with van der Waals surface area (Å²) in [5.74, 6) is -2.55. The fraction of sp³-hybridized carbons (Fsp3) is 0.737. The third-order valence-corrected chi connectivity index (χ3v) is 15.0. The average molecular weight is 1120 g/mol. The van der Waals surface area contributed by atoms with E-state index >= 15 is 0 Å². The third kappa shape index (κ3) is 22.6. The molecule has 7 unspecified atom stereocenters. The van der Waals surface area contributed by atoms with Crippen molar-refractivity contribution in [2.24, 2.45) is 23.7 Å². The maximum Gasteiger partial charge on any atom is 0.253 e. The number of methoxy groups -OCH3 is 2. The van der Waals surface area contributed by atoms with Crippen LogP contribution in [0.25, 0.3) is 0 Å². The van der Waals surface area contributed by atoms with Gasteiger partial charge in [0.25, 0.3) is 11.8 Å². The first-order chi connectivity index (χ1) is 37.4. The van der Waals surface area contributed by atoms with Gasteiger partial charge in [0.05, 0.1) is 128 Å². The Hall–Kier alpha value is -4.45. The summed E-state index contributed by atoms with van der Waals surface area (Å²) in [5, 5.41) is 6.43. The van der Waals surface area contributed by atoms with Crippen LogP contribution in [-0.4, -0.2) is 224 Å². The van der Waals surface area contributed by atoms with Gasteiger partial charge in [-0.05, 0) is 42.6 Å². The lowest BCUT2D eigenvalue weighted by molar-refractivity contribution is -0.148. The van der Waals surface area contributed by atoms with E-state index < -0.39 is 30.1 Å². The molecule has 2 aliphatic heterocycles. The van der Waals surface area contributed by atoms with Gasteiger partial charge in [-0.2, -0.15) is 0 Å². The second-order valence-electron chi connectivity index (χ2n) is 20.6. The third-order valence-electron chi connectivity index (χ3n) is 14.4. The summed E-state index contributed by atoms with van der Waals surface area (Å²) in [6.45, 7) is 19.0. The van der Waals surface area contributed by atoms with Gasteiger partial charge in [0.2, 0.25) is 23.6 Å². The van der Waals surface area contributed by atoms with Gasteiger partial charge in [0, 0.05) is 59.5 Å². The average Bonchev–Trinajstić information content (AvgIpc) is 4.05. The van der Waals surface area contributed by atoms with Crippen molar-refractivity contribution >= 4 is 52.6 Å². The number of thiocarbonyl (C=S) groups is 1. The van der Waals surface area contributed by atoms with E-state index in [1.807, 2.05) is 71.6 Å². The summed E-state index contributed by atoms with van der Waals surface area (Å²) in [7, 11) is 6.55. The highest BCUT2D eigenvalue weighted by Gasteiger charge is 2.43. The van der Waals surface area contributed by atoms with Crippen molar-refractivity contribution in [1.82, 2.24) is 30.2 Å². The predicted molar refractivity (Wildman–Crippen MR) is 300 cm³/mol. The van der Waals surface area contributed by atoms with Crippen LogP contribution in [-0.2, 0) is 73.1 Å². The number of imide groups is 1. The molecule has 8 atom stereocenters. The molecular weight excluding hydrogens is 1020 g/mol. The van der Waals surface area contributed by atoms with Gasteiger partial charge in [0.1, 0.15) is 12.1 Å². The summed E-state index contributed by atoms with van der Waals surface area (Å²) < 4.78 is 45.3. The van der Waals surface area contributed by atoms with Gasteiger partial charge in [-0.3, -0.25) is 33.7 Å². The van der Waals surface area contributed by atoms with Gasteiger partial charge in [-0.15, -0.1) is 0 Å². The number of hydrogen-bond acceptors (Lipinski definition) is 15. The van der Waals surface area contributed by atoms with Crippen LogP contribution in [0.5, 0.6) is 0 Å². The van der Waals surface area contributed by atoms with Gasteiger partial charge >= 0.3 is 0 Å². The number of nitrogens with zero attached hydrogens (tertiary/aromatic N) is 4. The summed E-state index contributed by atoms with van der Waals surface area (Å²) in [6, 6.07) is 7.76. The molecule has 2 N–H and O–H groups in total. The Morgan fingerprint density at radius 2 is 1.27 bits per heavy atom. The first kappa shape index (κ1) is 67.8. The van der Waals surface area contributed by atoms with E-state index in [-0.39, 0.29) is 105 Å². The normalized spacial score (nSPS) is 17.3. The van der Waals surface area contributed by atoms with E-state index in [2.05, 4.69) is 22.8 Å². The standard InChI is InChI=1S/C57H94N6O14S/c1-12-42(6)53(46(70-10)39-50(67)62-25-16-19-45(62)54(71-11)43(7)56(78)58-24-22-44-17-14-13-15-18-44)61(9)57(69)51(40(2)3)59-55(68)52(41(4)5)60(8)47(64)23-27-72-29-31-74-33-35-76-37-38-77-36-34-75-32-30-73-28-26-63-48(65)20-21-49(63)66/h13-15,17-18,20-21,40-43,45-46,51-54H,12,16,19,22-39H2,1-11H3,(H,58,78)(H,59,68)/t42?,43?,45-,46?,51?,52?,53?,54?/m0/s1. The van der Waals surface area contributed by atoms with E-state index in [1.165, 1.54) is 22.6 Å². The highest BCUT2D eigenvalue weighted by atomic mass is 32.1. The molecule has 1 saturated heterocycles. The number of hydrogen-bond donors (Lipinski definition) is 2. The first-order valence-electron chi connectivity index (χ1n) is 27.9. The fourth-order valence-electron chi connectivity index (χ4n) is 9.84. The smallest absolute Gasteiger partial charge is 0.253 e. The van der Waals surface area contributed by atoms with E-state index in [1.54, 1.807) is 33.2 Å². The first-order valence-corrected chi connectivity index (χ1v) is 28.3. The predicted octanol–water partition coefficient (Wildman–Crippen LogP) is 4.10. The van der Waals surface area contributed by atoms with Crippen molar-refractivity contribution in [2.75, 3.05) is 127 Å². The Bertz CT molecular complexity index is 1980. The molecule has 78 heavy (non-hydrogen) atoms. The number of benzene rings is 1. The lowest BCUT2D eigenvalue weighted by Crippen LogP contribution is -2.60. The Morgan fingerprint density at radius 3 is 1.77 bits per heavy atom. The van der Waals surface area contributed by atoms with Crippen LogP contribution in [0.3, 0.4) is 0 Å². The largest absolute Gasteiger partial charge is 0.379 e. The highest BCUT2D eigenvalue weighted by molar-refractivity contribution is 7.80. The molecule has 2 aliphatic rings. The molecule has 1 aromatic rings. The van der Waals surface area contributed by atoms with Gasteiger partial charge in [-0.25, -0.2) is 0 Å². The molecule has 0 aromatic heterocycles. The van der Waals surface area contributed by atoms with E-state index in [4.69, 9.17) is 50.1 Å². The van der Waals surface area contributed by atoms with Crippen LogP contribution in [0, 0.1) is 23.7 Å². The zero-order chi connectivity index (χ0) is 57.6. The molecule has 0 aliphatic carbocycles. The van der Waals surface area contributed by atoms with Crippen LogP contribution in [0.4, 0.5) is 0 Å². The summed E-state index contributed by atoms with van der Waals surface area (Å²) in [6.07, 6.45) is 4.76. The van der Waals surface area contributed by atoms with E-state index in [0.717, 1.165) is 24.2 Å². The molecule has 442 valence electrons. The molecule has 1 aromatic carbocycles. The Balaban J connectivity index is 1.41. The summed E-state index contributed by atoms with van der Waals surface area (Å²) in [5.41, 5.74) is 1.22. The second kappa shape index (κ2) is 37.5. The Morgan fingerprint density at radius 1 is 0.731 bits per heavy atom. The van der Waals surface area contributed by atoms with E-state index in [0.29, 0.717) is 84.0 Å². The van der Waals surface area contributed by atoms with Gasteiger partial charge < -0.3 is 63.2 Å². The van der Waals surface area contributed by atoms with Crippen molar-refractivity contribution < 1.29 is 66.7 Å². The molecule has 20 nitrogen and oxygen atoms in total. The maximum atomic E-state index is 14.6. The quantitative estimate of drug-likeness (QED) is 0.0537. The highest BCUT2D eigenvalue weighted by Crippen LogP contribution is 2.30. The number of rotatable bonds is 41. The lowest BCUT2D eigenvalue weighted by atomic mass is 9.89. The van der Waals surface area contributed by atoms with Gasteiger partial charge in [-0.1, -0.05) is 97.4 Å². The van der Waals surface area contributed by atoms with Crippen molar-refractivity contribution in [3.05, 3.63) is 48.0 Å². The number of nitrogens with one attached hydrogen (secondary N) is 2. The molecule has 6 amide bonds.